The average Bonchev–Trinajstić information content (AvgIpc) is 3.23. The molecule has 0 N–H and O–H groups in total. The smallest absolute Gasteiger partial charge is 0.240 e. The van der Waals surface area contributed by atoms with Gasteiger partial charge in [0.05, 0.1) is 47.4 Å². The molecule has 16 heteroatoms. The van der Waals surface area contributed by atoms with Crippen molar-refractivity contribution < 1.29 is 28.8 Å². The summed E-state index contributed by atoms with van der Waals surface area (Å²) in [6.07, 6.45) is 17.5. The maximum atomic E-state index is 10.4. The second-order valence-electron chi connectivity index (χ2n) is 14.4. The lowest BCUT2D eigenvalue weighted by molar-refractivity contribution is 0.147. The molecule has 0 amide bonds. The predicted molar refractivity (Wildman–Crippen MR) is 256 cm³/mol. The zero-order chi connectivity index (χ0) is 47.6. The van der Waals surface area contributed by atoms with Gasteiger partial charge in [-0.1, -0.05) is 34.1 Å². The first-order chi connectivity index (χ1) is 30.3. The van der Waals surface area contributed by atoms with Gasteiger partial charge in [0.15, 0.2) is 0 Å². The Morgan fingerprint density at radius 3 is 1.30 bits per heavy atom. The van der Waals surface area contributed by atoms with Crippen molar-refractivity contribution in [3.8, 4) is 0 Å². The van der Waals surface area contributed by atoms with Crippen LogP contribution in [0.4, 0.5) is 22.7 Å². The van der Waals surface area contributed by atoms with Gasteiger partial charge in [-0.25, -0.2) is 63.7 Å². The van der Waals surface area contributed by atoms with Gasteiger partial charge < -0.3 is 0 Å². The normalized spacial score (nSPS) is 14.0. The zero-order valence-electron chi connectivity index (χ0n) is 37.0. The monoisotopic (exact) mass is 872 g/mol. The van der Waals surface area contributed by atoms with Crippen molar-refractivity contribution in [3.05, 3.63) is 73.8 Å². The van der Waals surface area contributed by atoms with Crippen LogP contribution >= 0.6 is 0 Å². The van der Waals surface area contributed by atoms with Gasteiger partial charge in [0.1, 0.15) is 0 Å². The molecule has 16 nitrogen and oxygen atoms in total. The molecule has 2 aromatic carbocycles. The highest BCUT2D eigenvalue weighted by molar-refractivity contribution is 5.63. The van der Waals surface area contributed by atoms with E-state index in [1.54, 1.807) is 48.6 Å². The largest absolute Gasteiger partial charge is 0.244 e. The maximum Gasteiger partial charge on any atom is 0.240 e. The summed E-state index contributed by atoms with van der Waals surface area (Å²) in [5.74, 6) is 9.77. The average molecular weight is 873 g/mol. The van der Waals surface area contributed by atoms with Gasteiger partial charge in [-0.05, 0) is 168 Å². The van der Waals surface area contributed by atoms with E-state index in [9.17, 15) is 28.8 Å². The van der Waals surface area contributed by atoms with Gasteiger partial charge in [0.2, 0.25) is 36.5 Å². The molecule has 0 radical (unpaired) electrons. The molecule has 2 aromatic rings. The fraction of sp³-hybridized carbons (Fsp3) is 0.458. The van der Waals surface area contributed by atoms with Crippen molar-refractivity contribution in [2.45, 2.75) is 111 Å². The summed E-state index contributed by atoms with van der Waals surface area (Å²) in [7, 11) is 0. The molecular weight excluding hydrogens is 813 g/mol. The first kappa shape index (κ1) is 60.8. The van der Waals surface area contributed by atoms with Crippen molar-refractivity contribution in [2.75, 3.05) is 26.2 Å². The maximum absolute atomic E-state index is 10.4. The van der Waals surface area contributed by atoms with Gasteiger partial charge in [0.25, 0.3) is 0 Å². The van der Waals surface area contributed by atoms with Crippen LogP contribution in [-0.4, -0.2) is 97.7 Å². The topological polar surface area (TPSA) is 226 Å². The molecule has 0 bridgehead atoms. The van der Waals surface area contributed by atoms with Crippen LogP contribution in [0.25, 0.3) is 0 Å². The molecule has 1 saturated carbocycles. The fourth-order valence-electron chi connectivity index (χ4n) is 6.07. The summed E-state index contributed by atoms with van der Waals surface area (Å²) < 4.78 is 0. The molecule has 1 aliphatic carbocycles. The van der Waals surface area contributed by atoms with Gasteiger partial charge >= 0.3 is 0 Å². The summed E-state index contributed by atoms with van der Waals surface area (Å²) in [4.78, 5) is 96.7. The first-order valence-electron chi connectivity index (χ1n) is 19.7. The molecule has 1 aliphatic rings. The van der Waals surface area contributed by atoms with Crippen molar-refractivity contribution >= 4 is 82.7 Å². The Bertz CT molecular complexity index is 2100. The minimum absolute atomic E-state index is 0. The van der Waals surface area contributed by atoms with Crippen LogP contribution in [0.15, 0.2) is 113 Å². The third-order valence-electron chi connectivity index (χ3n) is 8.42. The Kier molecular flexibility index (Phi) is 37.7. The summed E-state index contributed by atoms with van der Waals surface area (Å²) in [6, 6.07) is 10.4. The van der Waals surface area contributed by atoms with Crippen LogP contribution in [0.3, 0.4) is 0 Å². The molecule has 0 saturated heterocycles. The number of rotatable bonds is 18. The number of aliphatic imine (C=N–C) groups is 10. The second kappa shape index (κ2) is 39.6. The standard InChI is InChI=1S/C11H16N2O2.2C10H8N2O.C9H14N2O.C7H10N2O.CH4/c1-10(2)4-9(12-7-14)5-11(3,6-10)13-8-15;2*1-3-11-9-4-5-10(12-7-13)8(2)6-9;1-2-10-7-5-3-4-6-8-11-9-12;1-2-8-5-3-4-6-9-7-10;/h9H,4-6H2,1-3H3;2*4-6H,1H2,2H3;1,3-8H2;1,3-6H2;1H4. The van der Waals surface area contributed by atoms with Crippen molar-refractivity contribution in [3.63, 3.8) is 0 Å². The summed E-state index contributed by atoms with van der Waals surface area (Å²) in [5.41, 5.74) is 4.07. The number of hydrogen-bond donors (Lipinski definition) is 0. The van der Waals surface area contributed by atoms with Crippen LogP contribution in [-0.2, 0) is 28.8 Å². The molecule has 3 rings (SSSR count). The number of isocyanates is 6. The van der Waals surface area contributed by atoms with Gasteiger partial charge in [-0.2, -0.15) is 15.0 Å². The molecule has 0 aromatic heterocycles. The fourth-order valence-corrected chi connectivity index (χ4v) is 6.07. The first-order valence-corrected chi connectivity index (χ1v) is 19.7. The number of hydrogen-bond acceptors (Lipinski definition) is 16. The Hall–Kier alpha value is -7.48. The van der Waals surface area contributed by atoms with Crippen LogP contribution in [0.1, 0.15) is 97.1 Å². The Balaban J connectivity index is -0.000000728. The number of aryl methyl sites for hydroxylation is 2. The van der Waals surface area contributed by atoms with E-state index in [0.717, 1.165) is 87.0 Å². The van der Waals surface area contributed by atoms with E-state index in [4.69, 9.17) is 0 Å². The summed E-state index contributed by atoms with van der Waals surface area (Å²) in [5, 5.41) is 0. The van der Waals surface area contributed by atoms with Crippen LogP contribution < -0.4 is 0 Å². The summed E-state index contributed by atoms with van der Waals surface area (Å²) >= 11 is 0. The Morgan fingerprint density at radius 1 is 0.531 bits per heavy atom. The molecule has 0 spiro atoms. The van der Waals surface area contributed by atoms with Gasteiger partial charge in [0, 0.05) is 13.1 Å². The number of benzene rings is 2. The molecule has 1 fully saturated rings. The van der Waals surface area contributed by atoms with Crippen molar-refractivity contribution in [1.82, 2.24) is 0 Å². The molecule has 64 heavy (non-hydrogen) atoms. The lowest BCUT2D eigenvalue weighted by Crippen LogP contribution is -2.40. The van der Waals surface area contributed by atoms with Crippen LogP contribution in [0.2, 0.25) is 0 Å². The quantitative estimate of drug-likeness (QED) is 0.0803. The highest BCUT2D eigenvalue weighted by atomic mass is 16.1. The van der Waals surface area contributed by atoms with E-state index >= 15 is 0 Å². The van der Waals surface area contributed by atoms with Crippen LogP contribution in [0, 0.1) is 19.3 Å². The summed E-state index contributed by atoms with van der Waals surface area (Å²) in [6.45, 7) is 25.9. The van der Waals surface area contributed by atoms with E-state index in [1.165, 1.54) is 24.3 Å². The number of unbranched alkanes of at least 4 members (excludes halogenated alkanes) is 4. The number of nitrogens with zero attached hydrogens (tertiary/aromatic N) is 10. The molecule has 0 heterocycles. The molecule has 2 unspecified atom stereocenters. The molecule has 0 aliphatic heterocycles. The van der Waals surface area contributed by atoms with E-state index < -0.39 is 5.54 Å². The van der Waals surface area contributed by atoms with Crippen molar-refractivity contribution in [1.29, 1.82) is 0 Å². The Labute approximate surface area is 377 Å². The van der Waals surface area contributed by atoms with Gasteiger partial charge in [-0.15, -0.1) is 0 Å². The zero-order valence-corrected chi connectivity index (χ0v) is 37.0. The van der Waals surface area contributed by atoms with Gasteiger partial charge in [-0.3, -0.25) is 0 Å². The van der Waals surface area contributed by atoms with E-state index in [0.29, 0.717) is 30.9 Å². The van der Waals surface area contributed by atoms with E-state index in [1.807, 2.05) is 20.8 Å². The highest BCUT2D eigenvalue weighted by Gasteiger charge is 2.41. The van der Waals surface area contributed by atoms with Crippen LogP contribution in [0.5, 0.6) is 0 Å². The minimum Gasteiger partial charge on any atom is -0.244 e. The molecular formula is C48H60N10O6. The Morgan fingerprint density at radius 2 is 0.953 bits per heavy atom. The molecule has 2 atom stereocenters. The highest BCUT2D eigenvalue weighted by Crippen LogP contribution is 2.43. The minimum atomic E-state index is -0.436. The number of carbonyl (C=O) groups excluding carboxylic acids is 6. The third kappa shape index (κ3) is 32.3. The second-order valence-corrected chi connectivity index (χ2v) is 14.4. The third-order valence-corrected chi connectivity index (χ3v) is 8.42. The SMILES string of the molecule is C.C=C=NCCCCCCN=C=O.C=C=NCCCCN=C=O.C=C=Nc1ccc(N=C=O)c(C)c1.C=C=Nc1ccc(N=C=O)c(C)c1.CC1(C)CC(N=C=O)CC(C)(N=C=O)C1. The van der Waals surface area contributed by atoms with E-state index in [2.05, 4.69) is 114 Å². The predicted octanol–water partition coefficient (Wildman–Crippen LogP) is 10.2. The van der Waals surface area contributed by atoms with Crippen molar-refractivity contribution in [2.24, 2.45) is 55.3 Å². The lowest BCUT2D eigenvalue weighted by atomic mass is 9.67. The lowest BCUT2D eigenvalue weighted by Gasteiger charge is -2.41. The molecule has 338 valence electrons. The van der Waals surface area contributed by atoms with E-state index in [-0.39, 0.29) is 18.9 Å².